The lowest BCUT2D eigenvalue weighted by Gasteiger charge is -2.16. The van der Waals surface area contributed by atoms with E-state index in [2.05, 4.69) is 4.98 Å². The van der Waals surface area contributed by atoms with E-state index in [0.717, 1.165) is 11.1 Å². The molecular weight excluding hydrogens is 268 g/mol. The largest absolute Gasteiger partial charge is 0.248 e. The monoisotopic (exact) mass is 282 g/mol. The summed E-state index contributed by atoms with van der Waals surface area (Å²) in [7, 11) is -1.84. The standard InChI is InChI=1S/C12H14N2O2S2/c1-10-4-3-5-11(8-10)9-18(15,16)14(2)12-13-6-7-17-12/h3-8H,9H2,1-2H3. The number of aryl methyl sites for hydroxylation is 1. The summed E-state index contributed by atoms with van der Waals surface area (Å²) in [5, 5.41) is 2.25. The van der Waals surface area contributed by atoms with Crippen molar-refractivity contribution in [2.45, 2.75) is 12.7 Å². The minimum absolute atomic E-state index is 0.00917. The highest BCUT2D eigenvalue weighted by Gasteiger charge is 2.20. The van der Waals surface area contributed by atoms with Gasteiger partial charge in [-0.2, -0.15) is 0 Å². The fourth-order valence-corrected chi connectivity index (χ4v) is 3.66. The molecule has 0 fully saturated rings. The third kappa shape index (κ3) is 2.88. The summed E-state index contributed by atoms with van der Waals surface area (Å²) in [6.45, 7) is 1.95. The van der Waals surface area contributed by atoms with E-state index in [1.165, 1.54) is 22.7 Å². The Morgan fingerprint density at radius 3 is 2.78 bits per heavy atom. The van der Waals surface area contributed by atoms with Crippen molar-refractivity contribution >= 4 is 26.5 Å². The fourth-order valence-electron chi connectivity index (χ4n) is 1.60. The van der Waals surface area contributed by atoms with Gasteiger partial charge in [0.1, 0.15) is 0 Å². The molecule has 0 radical (unpaired) electrons. The van der Waals surface area contributed by atoms with E-state index < -0.39 is 10.0 Å². The minimum Gasteiger partial charge on any atom is -0.248 e. The molecule has 0 amide bonds. The first-order valence-corrected chi connectivity index (χ1v) is 7.89. The van der Waals surface area contributed by atoms with Gasteiger partial charge < -0.3 is 0 Å². The Kier molecular flexibility index (Phi) is 3.68. The molecule has 18 heavy (non-hydrogen) atoms. The zero-order valence-electron chi connectivity index (χ0n) is 10.2. The van der Waals surface area contributed by atoms with Gasteiger partial charge in [0, 0.05) is 18.6 Å². The van der Waals surface area contributed by atoms with Crippen LogP contribution >= 0.6 is 11.3 Å². The van der Waals surface area contributed by atoms with Crippen LogP contribution in [-0.2, 0) is 15.8 Å². The van der Waals surface area contributed by atoms with Gasteiger partial charge in [-0.25, -0.2) is 17.7 Å². The van der Waals surface area contributed by atoms with E-state index in [4.69, 9.17) is 0 Å². The van der Waals surface area contributed by atoms with E-state index in [1.54, 1.807) is 11.6 Å². The molecule has 0 saturated carbocycles. The first-order valence-electron chi connectivity index (χ1n) is 5.41. The molecule has 4 nitrogen and oxygen atoms in total. The third-order valence-electron chi connectivity index (χ3n) is 2.54. The zero-order valence-corrected chi connectivity index (χ0v) is 11.8. The van der Waals surface area contributed by atoms with Crippen molar-refractivity contribution in [1.29, 1.82) is 0 Å². The number of thiazole rings is 1. The van der Waals surface area contributed by atoms with Gasteiger partial charge >= 0.3 is 0 Å². The van der Waals surface area contributed by atoms with Crippen LogP contribution in [0.25, 0.3) is 0 Å². The molecule has 0 unspecified atom stereocenters. The predicted molar refractivity (Wildman–Crippen MR) is 74.3 cm³/mol. The van der Waals surface area contributed by atoms with Crippen molar-refractivity contribution in [3.05, 3.63) is 47.0 Å². The van der Waals surface area contributed by atoms with Crippen LogP contribution in [0.5, 0.6) is 0 Å². The predicted octanol–water partition coefficient (Wildman–Crippen LogP) is 2.42. The van der Waals surface area contributed by atoms with E-state index in [9.17, 15) is 8.42 Å². The normalized spacial score (nSPS) is 11.4. The number of rotatable bonds is 4. The molecule has 1 heterocycles. The second-order valence-corrected chi connectivity index (χ2v) is 6.90. The lowest BCUT2D eigenvalue weighted by atomic mass is 10.2. The van der Waals surface area contributed by atoms with Crippen molar-refractivity contribution in [2.75, 3.05) is 11.4 Å². The van der Waals surface area contributed by atoms with Crippen molar-refractivity contribution < 1.29 is 8.42 Å². The van der Waals surface area contributed by atoms with Crippen LogP contribution < -0.4 is 4.31 Å². The average Bonchev–Trinajstić information content (AvgIpc) is 2.80. The SMILES string of the molecule is Cc1cccc(CS(=O)(=O)N(C)c2nccs2)c1. The lowest BCUT2D eigenvalue weighted by molar-refractivity contribution is 0.593. The first-order chi connectivity index (χ1) is 8.49. The number of aromatic nitrogens is 1. The van der Waals surface area contributed by atoms with E-state index in [1.807, 2.05) is 31.2 Å². The van der Waals surface area contributed by atoms with Crippen molar-refractivity contribution in [3.63, 3.8) is 0 Å². The minimum atomic E-state index is -3.37. The Hall–Kier alpha value is -1.40. The summed E-state index contributed by atoms with van der Waals surface area (Å²) in [5.74, 6) is -0.00917. The van der Waals surface area contributed by atoms with E-state index >= 15 is 0 Å². The summed E-state index contributed by atoms with van der Waals surface area (Å²) in [6, 6.07) is 7.51. The molecule has 0 bridgehead atoms. The Morgan fingerprint density at radius 2 is 2.17 bits per heavy atom. The third-order valence-corrected chi connectivity index (χ3v) is 5.21. The number of hydrogen-bond acceptors (Lipinski definition) is 4. The highest BCUT2D eigenvalue weighted by atomic mass is 32.2. The molecule has 0 saturated heterocycles. The molecule has 0 spiro atoms. The Balaban J connectivity index is 2.22. The van der Waals surface area contributed by atoms with Crippen LogP contribution in [0.3, 0.4) is 0 Å². The zero-order chi connectivity index (χ0) is 13.2. The Labute approximate surface area is 111 Å². The molecule has 0 atom stereocenters. The van der Waals surface area contributed by atoms with Crippen LogP contribution in [0.2, 0.25) is 0 Å². The van der Waals surface area contributed by atoms with Crippen LogP contribution in [-0.4, -0.2) is 20.4 Å². The molecule has 0 aliphatic carbocycles. The average molecular weight is 282 g/mol. The summed E-state index contributed by atoms with van der Waals surface area (Å²) in [4.78, 5) is 4.01. The number of anilines is 1. The first kappa shape index (κ1) is 13.0. The molecule has 2 aromatic rings. The van der Waals surface area contributed by atoms with Gasteiger partial charge in [0.25, 0.3) is 0 Å². The van der Waals surface area contributed by atoms with Crippen LogP contribution in [0.4, 0.5) is 5.13 Å². The number of sulfonamides is 1. The van der Waals surface area contributed by atoms with Gasteiger partial charge in [-0.15, -0.1) is 11.3 Å². The Bertz CT molecular complexity index is 621. The summed E-state index contributed by atoms with van der Waals surface area (Å²) in [6.07, 6.45) is 1.60. The topological polar surface area (TPSA) is 50.3 Å². The van der Waals surface area contributed by atoms with Gasteiger partial charge in [-0.1, -0.05) is 29.8 Å². The van der Waals surface area contributed by atoms with Crippen LogP contribution in [0.1, 0.15) is 11.1 Å². The van der Waals surface area contributed by atoms with E-state index in [0.29, 0.717) is 5.13 Å². The maximum absolute atomic E-state index is 12.2. The lowest BCUT2D eigenvalue weighted by Crippen LogP contribution is -2.27. The molecule has 96 valence electrons. The highest BCUT2D eigenvalue weighted by Crippen LogP contribution is 2.21. The van der Waals surface area contributed by atoms with Gasteiger partial charge in [-0.05, 0) is 12.5 Å². The van der Waals surface area contributed by atoms with Crippen molar-refractivity contribution in [1.82, 2.24) is 4.98 Å². The quantitative estimate of drug-likeness (QED) is 0.865. The van der Waals surface area contributed by atoms with Crippen LogP contribution in [0.15, 0.2) is 35.8 Å². The summed E-state index contributed by atoms with van der Waals surface area (Å²) < 4.78 is 25.6. The molecular formula is C12H14N2O2S2. The van der Waals surface area contributed by atoms with Gasteiger partial charge in [-0.3, -0.25) is 0 Å². The summed E-state index contributed by atoms with van der Waals surface area (Å²) in [5.41, 5.74) is 1.85. The second-order valence-electron chi connectivity index (χ2n) is 4.03. The highest BCUT2D eigenvalue weighted by molar-refractivity contribution is 7.92. The summed E-state index contributed by atoms with van der Waals surface area (Å²) >= 11 is 1.31. The van der Waals surface area contributed by atoms with Crippen molar-refractivity contribution in [3.8, 4) is 0 Å². The molecule has 6 heteroatoms. The molecule has 2 rings (SSSR count). The van der Waals surface area contributed by atoms with Crippen molar-refractivity contribution in [2.24, 2.45) is 0 Å². The van der Waals surface area contributed by atoms with Crippen LogP contribution in [0, 0.1) is 6.92 Å². The fraction of sp³-hybridized carbons (Fsp3) is 0.250. The molecule has 0 aliphatic heterocycles. The molecule has 1 aromatic heterocycles. The number of nitrogens with zero attached hydrogens (tertiary/aromatic N) is 2. The molecule has 1 aromatic carbocycles. The smallest absolute Gasteiger partial charge is 0.240 e. The second kappa shape index (κ2) is 5.07. The number of benzene rings is 1. The molecule has 0 N–H and O–H groups in total. The number of hydrogen-bond donors (Lipinski definition) is 0. The van der Waals surface area contributed by atoms with Gasteiger partial charge in [0.15, 0.2) is 5.13 Å². The Morgan fingerprint density at radius 1 is 1.39 bits per heavy atom. The molecule has 0 aliphatic rings. The van der Waals surface area contributed by atoms with Gasteiger partial charge in [0.05, 0.1) is 5.75 Å². The maximum atomic E-state index is 12.2. The van der Waals surface area contributed by atoms with E-state index in [-0.39, 0.29) is 5.75 Å². The maximum Gasteiger partial charge on any atom is 0.240 e. The van der Waals surface area contributed by atoms with Gasteiger partial charge in [0.2, 0.25) is 10.0 Å².